The van der Waals surface area contributed by atoms with Gasteiger partial charge in [0.1, 0.15) is 0 Å². The average molecular weight is 263 g/mol. The molecule has 1 aliphatic rings. The Labute approximate surface area is 93.2 Å². The number of hydrogen-bond donors (Lipinski definition) is 1. The average Bonchev–Trinajstić information content (AvgIpc) is 2.04. The van der Waals surface area contributed by atoms with Crippen LogP contribution in [0.4, 0.5) is 0 Å². The van der Waals surface area contributed by atoms with Crippen LogP contribution < -0.4 is 5.73 Å². The highest BCUT2D eigenvalue weighted by molar-refractivity contribution is 9.10. The third-order valence-electron chi connectivity index (χ3n) is 2.48. The topological polar surface area (TPSA) is 26.0 Å². The molecule has 1 atom stereocenters. The number of aryl methyl sites for hydroxylation is 1. The Balaban J connectivity index is 0.000000845. The van der Waals surface area contributed by atoms with Gasteiger partial charge >= 0.3 is 0 Å². The summed E-state index contributed by atoms with van der Waals surface area (Å²) in [6.45, 7) is 0. The number of rotatable bonds is 0. The Morgan fingerprint density at radius 3 is 2.85 bits per heavy atom. The minimum atomic E-state index is 0. The zero-order valence-electron chi connectivity index (χ0n) is 7.29. The van der Waals surface area contributed by atoms with E-state index in [1.165, 1.54) is 28.4 Å². The number of nitrogens with two attached hydrogens (primary N) is 1. The van der Waals surface area contributed by atoms with Crippen molar-refractivity contribution in [2.75, 3.05) is 0 Å². The molecule has 0 fully saturated rings. The van der Waals surface area contributed by atoms with Crippen molar-refractivity contribution in [1.29, 1.82) is 0 Å². The van der Waals surface area contributed by atoms with E-state index in [0.717, 1.165) is 6.42 Å². The Morgan fingerprint density at radius 2 is 2.15 bits per heavy atom. The van der Waals surface area contributed by atoms with Gasteiger partial charge in [-0.2, -0.15) is 0 Å². The zero-order valence-corrected chi connectivity index (χ0v) is 9.70. The van der Waals surface area contributed by atoms with Gasteiger partial charge in [0.15, 0.2) is 0 Å². The normalized spacial score (nSPS) is 20.3. The van der Waals surface area contributed by atoms with Crippen molar-refractivity contribution in [1.82, 2.24) is 0 Å². The van der Waals surface area contributed by atoms with Crippen molar-refractivity contribution in [2.24, 2.45) is 5.73 Å². The summed E-state index contributed by atoms with van der Waals surface area (Å²) in [6, 6.07) is 6.58. The van der Waals surface area contributed by atoms with Gasteiger partial charge in [0.2, 0.25) is 0 Å². The van der Waals surface area contributed by atoms with Crippen LogP contribution in [-0.2, 0) is 6.42 Å². The number of benzene rings is 1. The van der Waals surface area contributed by atoms with Crippen molar-refractivity contribution in [3.63, 3.8) is 0 Å². The van der Waals surface area contributed by atoms with Gasteiger partial charge in [-0.15, -0.1) is 12.4 Å². The van der Waals surface area contributed by atoms with Crippen LogP contribution in [0.3, 0.4) is 0 Å². The summed E-state index contributed by atoms with van der Waals surface area (Å²) in [5.74, 6) is 0. The van der Waals surface area contributed by atoms with Crippen LogP contribution in [0.15, 0.2) is 22.7 Å². The van der Waals surface area contributed by atoms with Crippen molar-refractivity contribution in [3.05, 3.63) is 33.8 Å². The second-order valence-corrected chi connectivity index (χ2v) is 4.17. The molecule has 1 aromatic carbocycles. The maximum atomic E-state index is 6.02. The van der Waals surface area contributed by atoms with Crippen molar-refractivity contribution in [3.8, 4) is 0 Å². The van der Waals surface area contributed by atoms with Crippen LogP contribution in [0.1, 0.15) is 30.0 Å². The first-order valence-electron chi connectivity index (χ1n) is 4.32. The lowest BCUT2D eigenvalue weighted by molar-refractivity contribution is 0.568. The van der Waals surface area contributed by atoms with Gasteiger partial charge in [0, 0.05) is 10.5 Å². The van der Waals surface area contributed by atoms with Crippen LogP contribution >= 0.6 is 28.3 Å². The summed E-state index contributed by atoms with van der Waals surface area (Å²) in [7, 11) is 0. The summed E-state index contributed by atoms with van der Waals surface area (Å²) in [5.41, 5.74) is 8.76. The molecule has 1 aliphatic carbocycles. The zero-order chi connectivity index (χ0) is 8.55. The Morgan fingerprint density at radius 1 is 1.38 bits per heavy atom. The first-order valence-corrected chi connectivity index (χ1v) is 5.11. The van der Waals surface area contributed by atoms with Gasteiger partial charge in [-0.25, -0.2) is 0 Å². The van der Waals surface area contributed by atoms with Gasteiger partial charge in [-0.05, 0) is 36.5 Å². The van der Waals surface area contributed by atoms with E-state index in [9.17, 15) is 0 Å². The molecule has 2 rings (SSSR count). The molecule has 0 radical (unpaired) electrons. The Hall–Kier alpha value is -0.0500. The van der Waals surface area contributed by atoms with Crippen LogP contribution in [0.2, 0.25) is 0 Å². The number of hydrogen-bond acceptors (Lipinski definition) is 1. The van der Waals surface area contributed by atoms with Crippen molar-refractivity contribution >= 4 is 28.3 Å². The minimum Gasteiger partial charge on any atom is -0.324 e. The van der Waals surface area contributed by atoms with Gasteiger partial charge < -0.3 is 5.73 Å². The fourth-order valence-electron chi connectivity index (χ4n) is 1.87. The van der Waals surface area contributed by atoms with Crippen LogP contribution in [-0.4, -0.2) is 0 Å². The molecule has 0 bridgehead atoms. The molecule has 72 valence electrons. The van der Waals surface area contributed by atoms with Gasteiger partial charge in [0.05, 0.1) is 0 Å². The van der Waals surface area contributed by atoms with E-state index >= 15 is 0 Å². The van der Waals surface area contributed by atoms with Crippen LogP contribution in [0, 0.1) is 0 Å². The third-order valence-corrected chi connectivity index (χ3v) is 3.17. The fraction of sp³-hybridized carbons (Fsp3) is 0.400. The van der Waals surface area contributed by atoms with Crippen LogP contribution in [0.25, 0.3) is 0 Å². The first kappa shape index (κ1) is 11.0. The third kappa shape index (κ3) is 2.06. The fourth-order valence-corrected chi connectivity index (χ4v) is 2.57. The van der Waals surface area contributed by atoms with Gasteiger partial charge in [-0.1, -0.05) is 28.1 Å². The highest BCUT2D eigenvalue weighted by Gasteiger charge is 2.18. The largest absolute Gasteiger partial charge is 0.324 e. The quantitative estimate of drug-likeness (QED) is 0.763. The summed E-state index contributed by atoms with van der Waals surface area (Å²) in [4.78, 5) is 0. The summed E-state index contributed by atoms with van der Waals surface area (Å²) in [6.07, 6.45) is 3.53. The Bertz CT molecular complexity index is 301. The SMILES string of the molecule is Cl.NC1CCCc2cccc(Br)c21. The molecule has 1 nitrogen and oxygen atoms in total. The molecule has 3 heteroatoms. The lowest BCUT2D eigenvalue weighted by Gasteiger charge is -2.23. The monoisotopic (exact) mass is 261 g/mol. The molecule has 0 aromatic heterocycles. The molecule has 1 unspecified atom stereocenters. The predicted molar refractivity (Wildman–Crippen MR) is 61.3 cm³/mol. The highest BCUT2D eigenvalue weighted by Crippen LogP contribution is 2.33. The Kier molecular flexibility index (Phi) is 3.77. The van der Waals surface area contributed by atoms with E-state index in [-0.39, 0.29) is 18.4 Å². The summed E-state index contributed by atoms with van der Waals surface area (Å²) < 4.78 is 1.17. The molecule has 13 heavy (non-hydrogen) atoms. The van der Waals surface area contributed by atoms with Crippen molar-refractivity contribution in [2.45, 2.75) is 25.3 Å². The molecule has 0 amide bonds. The molecule has 1 aromatic rings. The lowest BCUT2D eigenvalue weighted by atomic mass is 9.88. The van der Waals surface area contributed by atoms with E-state index in [1.54, 1.807) is 0 Å². The molecule has 2 N–H and O–H groups in total. The van der Waals surface area contributed by atoms with E-state index < -0.39 is 0 Å². The smallest absolute Gasteiger partial charge is 0.0308 e. The predicted octanol–water partition coefficient (Wildman–Crippen LogP) is 3.21. The summed E-state index contributed by atoms with van der Waals surface area (Å²) in [5, 5.41) is 0. The lowest BCUT2D eigenvalue weighted by Crippen LogP contribution is -2.17. The second kappa shape index (κ2) is 4.45. The van der Waals surface area contributed by atoms with E-state index in [0.29, 0.717) is 0 Å². The second-order valence-electron chi connectivity index (χ2n) is 3.31. The molecule has 0 aliphatic heterocycles. The van der Waals surface area contributed by atoms with Crippen molar-refractivity contribution < 1.29 is 0 Å². The van der Waals surface area contributed by atoms with Crippen LogP contribution in [0.5, 0.6) is 0 Å². The summed E-state index contributed by atoms with van der Waals surface area (Å²) >= 11 is 3.54. The molecule has 0 saturated carbocycles. The maximum Gasteiger partial charge on any atom is 0.0308 e. The highest BCUT2D eigenvalue weighted by atomic mass is 79.9. The maximum absolute atomic E-state index is 6.02. The van der Waals surface area contributed by atoms with E-state index in [2.05, 4.69) is 34.1 Å². The molecule has 0 spiro atoms. The molecular formula is C10H13BrClN. The first-order chi connectivity index (χ1) is 5.79. The van der Waals surface area contributed by atoms with E-state index in [4.69, 9.17) is 5.73 Å². The standard InChI is InChI=1S/C10H12BrN.ClH/c11-8-5-1-3-7-4-2-6-9(12)10(7)8;/h1,3,5,9H,2,4,6,12H2;1H. The number of halogens is 2. The van der Waals surface area contributed by atoms with E-state index in [1.807, 2.05) is 0 Å². The van der Waals surface area contributed by atoms with Gasteiger partial charge in [-0.3, -0.25) is 0 Å². The minimum absolute atomic E-state index is 0. The van der Waals surface area contributed by atoms with Gasteiger partial charge in [0.25, 0.3) is 0 Å². The molecular weight excluding hydrogens is 249 g/mol. The molecule has 0 saturated heterocycles. The number of fused-ring (bicyclic) bond motifs is 1. The molecule has 0 heterocycles.